The second kappa shape index (κ2) is 6.39. The smallest absolute Gasteiger partial charge is 0.265 e. The molecule has 0 radical (unpaired) electrons. The highest BCUT2D eigenvalue weighted by molar-refractivity contribution is 9.10. The minimum atomic E-state index is -3.87. The average Bonchev–Trinajstić information content (AvgIpc) is 2.43. The van der Waals surface area contributed by atoms with E-state index in [1.807, 2.05) is 0 Å². The highest BCUT2D eigenvalue weighted by Gasteiger charge is 2.21. The van der Waals surface area contributed by atoms with Crippen molar-refractivity contribution in [3.05, 3.63) is 45.1 Å². The third-order valence-corrected chi connectivity index (χ3v) is 5.02. The van der Waals surface area contributed by atoms with Crippen LogP contribution in [0.15, 0.2) is 40.0 Å². The fraction of sp³-hybridized carbons (Fsp3) is 0.0833. The Bertz CT molecular complexity index is 761. The summed E-state index contributed by atoms with van der Waals surface area (Å²) in [5.41, 5.74) is 0.536. The Morgan fingerprint density at radius 3 is 2.43 bits per heavy atom. The van der Waals surface area contributed by atoms with E-state index in [9.17, 15) is 8.42 Å². The van der Waals surface area contributed by atoms with Gasteiger partial charge in [-0.2, -0.15) is 0 Å². The molecule has 21 heavy (non-hydrogen) atoms. The lowest BCUT2D eigenvalue weighted by Gasteiger charge is -2.13. The molecule has 0 spiro atoms. The summed E-state index contributed by atoms with van der Waals surface area (Å²) in [6.07, 6.45) is 2.74. The first-order chi connectivity index (χ1) is 9.85. The molecule has 112 valence electrons. The van der Waals surface area contributed by atoms with E-state index < -0.39 is 10.0 Å². The van der Waals surface area contributed by atoms with Crippen LogP contribution in [0.1, 0.15) is 0 Å². The third-order valence-electron chi connectivity index (χ3n) is 2.59. The monoisotopic (exact) mass is 409 g/mol. The van der Waals surface area contributed by atoms with Gasteiger partial charge in [-0.15, -0.1) is 0 Å². The van der Waals surface area contributed by atoms with Crippen LogP contribution in [0.25, 0.3) is 0 Å². The van der Waals surface area contributed by atoms with Crippen molar-refractivity contribution in [1.82, 2.24) is 4.98 Å². The van der Waals surface area contributed by atoms with Gasteiger partial charge >= 0.3 is 0 Å². The second-order valence-electron chi connectivity index (χ2n) is 3.97. The molecule has 0 atom stereocenters. The molecule has 0 amide bonds. The number of benzene rings is 1. The number of halogens is 3. The van der Waals surface area contributed by atoms with Gasteiger partial charge in [0, 0.05) is 23.9 Å². The summed E-state index contributed by atoms with van der Waals surface area (Å²) in [7, 11) is -2.25. The number of pyridine rings is 1. The maximum absolute atomic E-state index is 12.5. The number of aromatic nitrogens is 1. The summed E-state index contributed by atoms with van der Waals surface area (Å²) in [4.78, 5) is 3.83. The fourth-order valence-electron chi connectivity index (χ4n) is 1.63. The van der Waals surface area contributed by atoms with Gasteiger partial charge in [0.2, 0.25) is 0 Å². The van der Waals surface area contributed by atoms with Crippen LogP contribution in [0.4, 0.5) is 11.4 Å². The maximum Gasteiger partial charge on any atom is 0.265 e. The van der Waals surface area contributed by atoms with E-state index in [1.165, 1.54) is 12.4 Å². The maximum atomic E-state index is 12.5. The van der Waals surface area contributed by atoms with Gasteiger partial charge in [0.15, 0.2) is 0 Å². The van der Waals surface area contributed by atoms with Crippen molar-refractivity contribution in [1.29, 1.82) is 0 Å². The lowest BCUT2D eigenvalue weighted by Crippen LogP contribution is -2.15. The molecule has 0 unspecified atom stereocenters. The van der Waals surface area contributed by atoms with E-state index in [4.69, 9.17) is 23.2 Å². The predicted octanol–water partition coefficient (Wildman–Crippen LogP) is 3.99. The molecule has 5 nitrogen and oxygen atoms in total. The molecule has 2 rings (SSSR count). The van der Waals surface area contributed by atoms with Crippen LogP contribution >= 0.6 is 39.1 Å². The predicted molar refractivity (Wildman–Crippen MR) is 88.8 cm³/mol. The number of sulfonamides is 1. The van der Waals surface area contributed by atoms with Crippen molar-refractivity contribution in [2.75, 3.05) is 17.1 Å². The van der Waals surface area contributed by atoms with Gasteiger partial charge in [0.05, 0.1) is 21.4 Å². The molecular formula is C12H10BrCl2N3O2S. The largest absolute Gasteiger partial charge is 0.387 e. The Morgan fingerprint density at radius 2 is 1.86 bits per heavy atom. The van der Waals surface area contributed by atoms with Gasteiger partial charge < -0.3 is 5.32 Å². The molecule has 1 aromatic heterocycles. The molecule has 9 heteroatoms. The highest BCUT2D eigenvalue weighted by Crippen LogP contribution is 2.35. The first kappa shape index (κ1) is 16.4. The molecule has 0 bridgehead atoms. The van der Waals surface area contributed by atoms with Crippen LogP contribution in [0.5, 0.6) is 0 Å². The van der Waals surface area contributed by atoms with Crippen LogP contribution in [0.2, 0.25) is 10.0 Å². The van der Waals surface area contributed by atoms with Crippen LogP contribution in [0.3, 0.4) is 0 Å². The molecule has 1 aromatic carbocycles. The quantitative estimate of drug-likeness (QED) is 0.799. The van der Waals surface area contributed by atoms with Gasteiger partial charge in [-0.05, 0) is 18.2 Å². The molecule has 2 N–H and O–H groups in total. The Hall–Kier alpha value is -1.02. The van der Waals surface area contributed by atoms with Crippen LogP contribution in [-0.4, -0.2) is 20.4 Å². The fourth-order valence-corrected chi connectivity index (χ4v) is 4.30. The first-order valence-electron chi connectivity index (χ1n) is 5.64. The molecular weight excluding hydrogens is 401 g/mol. The van der Waals surface area contributed by atoms with Gasteiger partial charge in [0.25, 0.3) is 10.0 Å². The van der Waals surface area contributed by atoms with Crippen molar-refractivity contribution in [3.8, 4) is 0 Å². The van der Waals surface area contributed by atoms with Crippen LogP contribution in [0, 0.1) is 0 Å². The highest BCUT2D eigenvalue weighted by atomic mass is 79.9. The molecule has 0 saturated heterocycles. The van der Waals surface area contributed by atoms with E-state index in [-0.39, 0.29) is 20.6 Å². The topological polar surface area (TPSA) is 71.1 Å². The third kappa shape index (κ3) is 3.60. The average molecular weight is 411 g/mol. The van der Waals surface area contributed by atoms with Gasteiger partial charge in [0.1, 0.15) is 4.90 Å². The molecule has 0 aliphatic heterocycles. The number of nitrogens with zero attached hydrogens (tertiary/aromatic N) is 1. The molecule has 0 saturated carbocycles. The number of nitrogens with one attached hydrogen (secondary N) is 2. The van der Waals surface area contributed by atoms with Crippen LogP contribution < -0.4 is 10.0 Å². The van der Waals surface area contributed by atoms with E-state index in [1.54, 1.807) is 25.2 Å². The molecule has 2 aromatic rings. The summed E-state index contributed by atoms with van der Waals surface area (Å²) in [5, 5.41) is 3.17. The Labute approximate surface area is 140 Å². The Morgan fingerprint density at radius 1 is 1.24 bits per heavy atom. The van der Waals surface area contributed by atoms with Crippen molar-refractivity contribution in [3.63, 3.8) is 0 Å². The number of hydrogen-bond acceptors (Lipinski definition) is 4. The van der Waals surface area contributed by atoms with Gasteiger partial charge in [-0.1, -0.05) is 39.1 Å². The molecule has 1 heterocycles. The minimum absolute atomic E-state index is 0.00236. The van der Waals surface area contributed by atoms with Crippen molar-refractivity contribution in [2.45, 2.75) is 4.90 Å². The SMILES string of the molecule is CNc1ccncc1S(=O)(=O)Nc1c(Cl)cc(Br)cc1Cl. The Kier molecular flexibility index (Phi) is 4.98. The van der Waals surface area contributed by atoms with Gasteiger partial charge in [-0.25, -0.2) is 8.42 Å². The molecule has 0 aliphatic rings. The minimum Gasteiger partial charge on any atom is -0.387 e. The summed E-state index contributed by atoms with van der Waals surface area (Å²) < 4.78 is 27.9. The lowest BCUT2D eigenvalue weighted by atomic mass is 10.3. The first-order valence-corrected chi connectivity index (χ1v) is 8.67. The van der Waals surface area contributed by atoms with Crippen molar-refractivity contribution in [2.24, 2.45) is 0 Å². The normalized spacial score (nSPS) is 11.2. The van der Waals surface area contributed by atoms with E-state index >= 15 is 0 Å². The Balaban J connectivity index is 2.48. The molecule has 0 aliphatic carbocycles. The zero-order valence-corrected chi connectivity index (χ0v) is 14.6. The van der Waals surface area contributed by atoms with Gasteiger partial charge in [-0.3, -0.25) is 9.71 Å². The zero-order chi connectivity index (χ0) is 15.6. The zero-order valence-electron chi connectivity index (χ0n) is 10.7. The summed E-state index contributed by atoms with van der Waals surface area (Å²) in [6.45, 7) is 0. The summed E-state index contributed by atoms with van der Waals surface area (Å²) in [6, 6.07) is 4.65. The van der Waals surface area contributed by atoms with Crippen LogP contribution in [-0.2, 0) is 10.0 Å². The van der Waals surface area contributed by atoms with E-state index in [0.29, 0.717) is 10.2 Å². The number of rotatable bonds is 4. The second-order valence-corrected chi connectivity index (χ2v) is 7.35. The van der Waals surface area contributed by atoms with Crippen molar-refractivity contribution < 1.29 is 8.42 Å². The summed E-state index contributed by atoms with van der Waals surface area (Å²) in [5.74, 6) is 0. The van der Waals surface area contributed by atoms with E-state index in [2.05, 4.69) is 31.0 Å². The number of anilines is 2. The lowest BCUT2D eigenvalue weighted by molar-refractivity contribution is 0.601. The van der Waals surface area contributed by atoms with E-state index in [0.717, 1.165) is 0 Å². The van der Waals surface area contributed by atoms with Crippen molar-refractivity contribution >= 4 is 60.5 Å². The molecule has 0 fully saturated rings. The standard InChI is InChI=1S/C12H10BrCl2N3O2S/c1-16-10-2-3-17-6-11(10)21(19,20)18-12-8(14)4-7(13)5-9(12)15/h2-6,18H,1H3,(H,16,17). The number of hydrogen-bond donors (Lipinski definition) is 2. The summed E-state index contributed by atoms with van der Waals surface area (Å²) >= 11 is 15.3.